The fraction of sp³-hybridized carbons (Fsp3) is 0.444. The molecule has 0 bridgehead atoms. The fourth-order valence-corrected chi connectivity index (χ4v) is 1.38. The minimum absolute atomic E-state index is 0.287. The van der Waals surface area contributed by atoms with E-state index in [1.807, 2.05) is 0 Å². The standard InChI is InChI=1S/C9H12N2O4/c1-9(2,8(14)15)6(7(12)13)5-3-4-10-11-5/h3-4,6H,1-2H3,(H,10,11)(H,12,13)(H,14,15). The Morgan fingerprint density at radius 2 is 2.07 bits per heavy atom. The van der Waals surface area contributed by atoms with Crippen LogP contribution < -0.4 is 0 Å². The third-order valence-electron chi connectivity index (χ3n) is 2.35. The lowest BCUT2D eigenvalue weighted by Crippen LogP contribution is -2.36. The van der Waals surface area contributed by atoms with Crippen molar-refractivity contribution in [1.29, 1.82) is 0 Å². The quantitative estimate of drug-likeness (QED) is 0.681. The molecule has 15 heavy (non-hydrogen) atoms. The molecule has 1 heterocycles. The molecule has 6 heteroatoms. The number of H-pyrrole nitrogens is 1. The van der Waals surface area contributed by atoms with Crippen molar-refractivity contribution in [2.75, 3.05) is 0 Å². The number of hydrogen-bond donors (Lipinski definition) is 3. The molecule has 1 atom stereocenters. The zero-order valence-corrected chi connectivity index (χ0v) is 8.39. The summed E-state index contributed by atoms with van der Waals surface area (Å²) >= 11 is 0. The van der Waals surface area contributed by atoms with Crippen LogP contribution in [0.3, 0.4) is 0 Å². The minimum atomic E-state index is -1.39. The van der Waals surface area contributed by atoms with Gasteiger partial charge in [0, 0.05) is 6.20 Å². The first-order valence-electron chi connectivity index (χ1n) is 4.33. The summed E-state index contributed by atoms with van der Waals surface area (Å²) in [5.74, 6) is -3.49. The number of carbonyl (C=O) groups is 2. The molecule has 3 N–H and O–H groups in total. The molecule has 1 rings (SSSR count). The average Bonchev–Trinajstić information content (AvgIpc) is 2.55. The van der Waals surface area contributed by atoms with Gasteiger partial charge in [0.2, 0.25) is 0 Å². The molecule has 1 aromatic heterocycles. The highest BCUT2D eigenvalue weighted by Crippen LogP contribution is 2.34. The van der Waals surface area contributed by atoms with E-state index in [0.29, 0.717) is 0 Å². The van der Waals surface area contributed by atoms with Gasteiger partial charge in [-0.15, -0.1) is 0 Å². The maximum absolute atomic E-state index is 11.0. The second-order valence-corrected chi connectivity index (χ2v) is 3.81. The average molecular weight is 212 g/mol. The van der Waals surface area contributed by atoms with E-state index in [1.165, 1.54) is 26.1 Å². The summed E-state index contributed by atoms with van der Waals surface area (Å²) in [4.78, 5) is 22.0. The van der Waals surface area contributed by atoms with Gasteiger partial charge in [-0.05, 0) is 19.9 Å². The van der Waals surface area contributed by atoms with Gasteiger partial charge in [0.25, 0.3) is 0 Å². The van der Waals surface area contributed by atoms with Crippen LogP contribution in [0.5, 0.6) is 0 Å². The number of nitrogens with zero attached hydrogens (tertiary/aromatic N) is 1. The van der Waals surface area contributed by atoms with Crippen LogP contribution in [0.2, 0.25) is 0 Å². The molecule has 6 nitrogen and oxygen atoms in total. The molecule has 0 radical (unpaired) electrons. The molecule has 82 valence electrons. The highest BCUT2D eigenvalue weighted by atomic mass is 16.4. The van der Waals surface area contributed by atoms with Gasteiger partial charge in [0.05, 0.1) is 11.1 Å². The van der Waals surface area contributed by atoms with Crippen LogP contribution in [0.1, 0.15) is 25.5 Å². The number of carboxylic acid groups (broad SMARTS) is 2. The van der Waals surface area contributed by atoms with Crippen molar-refractivity contribution >= 4 is 11.9 Å². The van der Waals surface area contributed by atoms with E-state index in [4.69, 9.17) is 10.2 Å². The van der Waals surface area contributed by atoms with Gasteiger partial charge in [-0.3, -0.25) is 14.7 Å². The number of rotatable bonds is 4. The van der Waals surface area contributed by atoms with E-state index in [-0.39, 0.29) is 5.69 Å². The number of aromatic amines is 1. The summed E-state index contributed by atoms with van der Waals surface area (Å²) in [6.07, 6.45) is 1.39. The molecule has 0 spiro atoms. The second kappa shape index (κ2) is 3.72. The number of hydrogen-bond acceptors (Lipinski definition) is 3. The first-order valence-corrected chi connectivity index (χ1v) is 4.33. The third kappa shape index (κ3) is 1.98. The summed E-state index contributed by atoms with van der Waals surface area (Å²) in [6.45, 7) is 2.74. The molecule has 1 unspecified atom stereocenters. The Hall–Kier alpha value is -1.85. The molecule has 0 aromatic carbocycles. The molecule has 0 amide bonds. The number of aromatic nitrogens is 2. The number of carboxylic acids is 2. The lowest BCUT2D eigenvalue weighted by atomic mass is 9.77. The zero-order valence-electron chi connectivity index (χ0n) is 8.39. The zero-order chi connectivity index (χ0) is 11.6. The van der Waals surface area contributed by atoms with Crippen molar-refractivity contribution in [3.8, 4) is 0 Å². The Bertz CT molecular complexity index is 369. The third-order valence-corrected chi connectivity index (χ3v) is 2.35. The smallest absolute Gasteiger partial charge is 0.313 e. The molecule has 0 aliphatic rings. The van der Waals surface area contributed by atoms with Crippen LogP contribution in [0, 0.1) is 5.41 Å². The fourth-order valence-electron chi connectivity index (χ4n) is 1.38. The summed E-state index contributed by atoms with van der Waals surface area (Å²) in [5.41, 5.74) is -1.10. The molecule has 0 saturated carbocycles. The Morgan fingerprint density at radius 1 is 1.47 bits per heavy atom. The van der Waals surface area contributed by atoms with Crippen molar-refractivity contribution in [3.05, 3.63) is 18.0 Å². The number of aliphatic carboxylic acids is 2. The Kier molecular flexibility index (Phi) is 2.78. The second-order valence-electron chi connectivity index (χ2n) is 3.81. The number of nitrogens with one attached hydrogen (secondary N) is 1. The highest BCUT2D eigenvalue weighted by molar-refractivity contribution is 5.86. The normalized spacial score (nSPS) is 13.5. The van der Waals surface area contributed by atoms with E-state index in [9.17, 15) is 9.59 Å². The largest absolute Gasteiger partial charge is 0.481 e. The van der Waals surface area contributed by atoms with Crippen molar-refractivity contribution in [1.82, 2.24) is 10.2 Å². The Balaban J connectivity index is 3.15. The first kappa shape index (κ1) is 11.2. The van der Waals surface area contributed by atoms with Gasteiger partial charge in [0.15, 0.2) is 0 Å². The van der Waals surface area contributed by atoms with Crippen molar-refractivity contribution in [3.63, 3.8) is 0 Å². The van der Waals surface area contributed by atoms with Crippen LogP contribution in [-0.4, -0.2) is 32.3 Å². The van der Waals surface area contributed by atoms with Crippen molar-refractivity contribution in [2.24, 2.45) is 5.41 Å². The summed E-state index contributed by atoms with van der Waals surface area (Å²) < 4.78 is 0. The Morgan fingerprint density at radius 3 is 2.40 bits per heavy atom. The molecular weight excluding hydrogens is 200 g/mol. The monoisotopic (exact) mass is 212 g/mol. The van der Waals surface area contributed by atoms with Crippen LogP contribution in [0.4, 0.5) is 0 Å². The molecule has 0 fully saturated rings. The predicted octanol–water partition coefficient (Wildman–Crippen LogP) is 0.689. The molecule has 0 saturated heterocycles. The van der Waals surface area contributed by atoms with E-state index < -0.39 is 23.3 Å². The lowest BCUT2D eigenvalue weighted by molar-refractivity contribution is -0.156. The molecule has 1 aromatic rings. The topological polar surface area (TPSA) is 103 Å². The molecule has 0 aliphatic carbocycles. The van der Waals surface area contributed by atoms with Crippen LogP contribution in [0.15, 0.2) is 12.3 Å². The van der Waals surface area contributed by atoms with E-state index >= 15 is 0 Å². The predicted molar refractivity (Wildman–Crippen MR) is 50.4 cm³/mol. The summed E-state index contributed by atoms with van der Waals surface area (Å²) in [7, 11) is 0. The van der Waals surface area contributed by atoms with Crippen molar-refractivity contribution < 1.29 is 19.8 Å². The maximum atomic E-state index is 11.0. The SMILES string of the molecule is CC(C)(C(=O)O)C(C(=O)O)c1ccn[nH]1. The van der Waals surface area contributed by atoms with Gasteiger partial charge in [0.1, 0.15) is 5.92 Å². The van der Waals surface area contributed by atoms with E-state index in [2.05, 4.69) is 10.2 Å². The summed E-state index contributed by atoms with van der Waals surface area (Å²) in [6, 6.07) is 1.46. The lowest BCUT2D eigenvalue weighted by Gasteiger charge is -2.25. The summed E-state index contributed by atoms with van der Waals surface area (Å²) in [5, 5.41) is 24.1. The van der Waals surface area contributed by atoms with Crippen molar-refractivity contribution in [2.45, 2.75) is 19.8 Å². The van der Waals surface area contributed by atoms with E-state index in [1.54, 1.807) is 0 Å². The van der Waals surface area contributed by atoms with E-state index in [0.717, 1.165) is 0 Å². The first-order chi connectivity index (χ1) is 6.87. The molecule has 0 aliphatic heterocycles. The van der Waals surface area contributed by atoms with Gasteiger partial charge in [-0.25, -0.2) is 0 Å². The van der Waals surface area contributed by atoms with Gasteiger partial charge in [-0.1, -0.05) is 0 Å². The van der Waals surface area contributed by atoms with Gasteiger partial charge in [-0.2, -0.15) is 5.10 Å². The van der Waals surface area contributed by atoms with Gasteiger partial charge < -0.3 is 10.2 Å². The minimum Gasteiger partial charge on any atom is -0.481 e. The Labute approximate surface area is 85.9 Å². The highest BCUT2D eigenvalue weighted by Gasteiger charge is 2.43. The molecular formula is C9H12N2O4. The van der Waals surface area contributed by atoms with Crippen LogP contribution in [0.25, 0.3) is 0 Å². The van der Waals surface area contributed by atoms with Gasteiger partial charge >= 0.3 is 11.9 Å². The van der Waals surface area contributed by atoms with Crippen LogP contribution in [-0.2, 0) is 9.59 Å². The van der Waals surface area contributed by atoms with Crippen LogP contribution >= 0.6 is 0 Å². The maximum Gasteiger partial charge on any atom is 0.313 e.